The molecule has 1 heterocycles. The number of fused-ring (bicyclic) bond motifs is 2. The number of hydrogen-bond donors (Lipinski definition) is 3. The van der Waals surface area contributed by atoms with Crippen molar-refractivity contribution < 1.29 is 14.3 Å². The van der Waals surface area contributed by atoms with Gasteiger partial charge in [0.25, 0.3) is 0 Å². The van der Waals surface area contributed by atoms with Crippen molar-refractivity contribution in [2.75, 3.05) is 13.2 Å². The minimum atomic E-state index is -0.457. The Morgan fingerprint density at radius 2 is 1.66 bits per heavy atom. The molecule has 0 aromatic rings. The fourth-order valence-corrected chi connectivity index (χ4v) is 6.39. The van der Waals surface area contributed by atoms with E-state index >= 15 is 0 Å². The monoisotopic (exact) mass is 562 g/mol. The van der Waals surface area contributed by atoms with Crippen molar-refractivity contribution in [3.8, 4) is 0 Å². The molecule has 0 bridgehead atoms. The van der Waals surface area contributed by atoms with Gasteiger partial charge in [0.2, 0.25) is 0 Å². The normalized spacial score (nSPS) is 33.6. The lowest BCUT2D eigenvalue weighted by Crippen LogP contribution is -2.69. The summed E-state index contributed by atoms with van der Waals surface area (Å²) in [7, 11) is 0. The highest BCUT2D eigenvalue weighted by Gasteiger charge is 2.65. The number of rotatable bonds is 4. The highest BCUT2D eigenvalue weighted by Crippen LogP contribution is 2.60. The number of carbonyl (C=O) groups excluding carboxylic acids is 1. The van der Waals surface area contributed by atoms with Gasteiger partial charge < -0.3 is 25.4 Å². The summed E-state index contributed by atoms with van der Waals surface area (Å²) >= 11 is 0. The molecular weight excluding hydrogens is 519 g/mol. The number of nitrogens with one attached hydrogen (secondary N) is 3. The van der Waals surface area contributed by atoms with E-state index < -0.39 is 5.60 Å². The van der Waals surface area contributed by atoms with E-state index in [0.29, 0.717) is 29.5 Å². The number of aliphatic imine (C=N–C) groups is 1. The van der Waals surface area contributed by atoms with Gasteiger partial charge in [-0.05, 0) is 72.6 Å². The first-order valence-electron chi connectivity index (χ1n) is 12.5. The molecular formula is C24H43IN4O3. The van der Waals surface area contributed by atoms with Crippen LogP contribution in [0.4, 0.5) is 4.79 Å². The topological polar surface area (TPSA) is 84.0 Å². The van der Waals surface area contributed by atoms with Crippen LogP contribution in [0, 0.1) is 11.3 Å². The van der Waals surface area contributed by atoms with Gasteiger partial charge in [0.15, 0.2) is 5.96 Å². The van der Waals surface area contributed by atoms with Crippen LogP contribution in [-0.4, -0.2) is 55.0 Å². The van der Waals surface area contributed by atoms with Gasteiger partial charge in [-0.25, -0.2) is 4.79 Å². The lowest BCUT2D eigenvalue weighted by Gasteiger charge is -2.57. The number of halogens is 1. The Kier molecular flexibility index (Phi) is 8.61. The highest BCUT2D eigenvalue weighted by atomic mass is 127. The highest BCUT2D eigenvalue weighted by molar-refractivity contribution is 14.0. The second kappa shape index (κ2) is 10.7. The standard InChI is InChI=1S/C24H42N4O3.HI/c1-5-25-21(28-19-18-12-15-30-20(18)24(19)13-6-7-14-24)26-16-8-10-17(11-9-16)27-22(29)31-23(2,3)4;/h16-20H,5-15H2,1-4H3,(H,27,29)(H2,25,26,28);1H. The van der Waals surface area contributed by atoms with Crippen molar-refractivity contribution in [3.63, 3.8) is 0 Å². The van der Waals surface area contributed by atoms with Gasteiger partial charge in [-0.2, -0.15) is 0 Å². The molecule has 3 aliphatic carbocycles. The first-order valence-corrected chi connectivity index (χ1v) is 12.5. The van der Waals surface area contributed by atoms with Crippen molar-refractivity contribution >= 4 is 36.0 Å². The molecule has 1 amide bonds. The fraction of sp³-hybridized carbons (Fsp3) is 0.917. The minimum absolute atomic E-state index is 0. The molecule has 4 aliphatic rings. The third-order valence-corrected chi connectivity index (χ3v) is 7.68. The zero-order valence-corrected chi connectivity index (χ0v) is 22.6. The molecule has 3 saturated carbocycles. The maximum absolute atomic E-state index is 12.1. The number of ether oxygens (including phenoxy) is 2. The predicted molar refractivity (Wildman–Crippen MR) is 138 cm³/mol. The average Bonchev–Trinajstić information content (AvgIpc) is 3.35. The summed E-state index contributed by atoms with van der Waals surface area (Å²) in [6.45, 7) is 9.47. The second-order valence-electron chi connectivity index (χ2n) is 11.0. The zero-order valence-electron chi connectivity index (χ0n) is 20.2. The lowest BCUT2D eigenvalue weighted by molar-refractivity contribution is -0.125. The summed E-state index contributed by atoms with van der Waals surface area (Å²) in [5.74, 6) is 1.60. The Morgan fingerprint density at radius 1 is 1.03 bits per heavy atom. The quantitative estimate of drug-likeness (QED) is 0.270. The third kappa shape index (κ3) is 5.65. The van der Waals surface area contributed by atoms with E-state index in [1.54, 1.807) is 0 Å². The predicted octanol–water partition coefficient (Wildman–Crippen LogP) is 4.34. The summed E-state index contributed by atoms with van der Waals surface area (Å²) in [4.78, 5) is 16.8. The maximum atomic E-state index is 12.1. The second-order valence-corrected chi connectivity index (χ2v) is 11.0. The maximum Gasteiger partial charge on any atom is 0.407 e. The van der Waals surface area contributed by atoms with E-state index in [1.165, 1.54) is 32.1 Å². The molecule has 1 aliphatic heterocycles. The molecule has 3 N–H and O–H groups in total. The van der Waals surface area contributed by atoms with E-state index in [0.717, 1.165) is 44.8 Å². The van der Waals surface area contributed by atoms with Crippen LogP contribution < -0.4 is 16.0 Å². The summed E-state index contributed by atoms with van der Waals surface area (Å²) in [6, 6.07) is 1.08. The van der Waals surface area contributed by atoms with Crippen LogP contribution >= 0.6 is 24.0 Å². The molecule has 0 radical (unpaired) electrons. The van der Waals surface area contributed by atoms with Gasteiger partial charge >= 0.3 is 6.09 Å². The Bertz CT molecular complexity index is 667. The molecule has 7 nitrogen and oxygen atoms in total. The Hall–Kier alpha value is -0.770. The van der Waals surface area contributed by atoms with Crippen molar-refractivity contribution in [1.82, 2.24) is 16.0 Å². The molecule has 4 rings (SSSR count). The molecule has 0 aromatic heterocycles. The van der Waals surface area contributed by atoms with Gasteiger partial charge in [0, 0.05) is 42.6 Å². The lowest BCUT2D eigenvalue weighted by atomic mass is 9.54. The Labute approximate surface area is 210 Å². The van der Waals surface area contributed by atoms with Crippen LogP contribution in [0.1, 0.15) is 85.5 Å². The Morgan fingerprint density at radius 3 is 2.25 bits per heavy atom. The molecule has 8 heteroatoms. The molecule has 184 valence electrons. The zero-order chi connectivity index (χ0) is 22.1. The summed E-state index contributed by atoms with van der Waals surface area (Å²) < 4.78 is 11.5. The van der Waals surface area contributed by atoms with Gasteiger partial charge in [-0.3, -0.25) is 4.99 Å². The van der Waals surface area contributed by atoms with Gasteiger partial charge in [-0.15, -0.1) is 24.0 Å². The van der Waals surface area contributed by atoms with Crippen molar-refractivity contribution in [1.29, 1.82) is 0 Å². The average molecular weight is 563 g/mol. The van der Waals surface area contributed by atoms with E-state index in [1.807, 2.05) is 20.8 Å². The number of guanidine groups is 1. The van der Waals surface area contributed by atoms with Crippen LogP contribution in [0.3, 0.4) is 0 Å². The Balaban J connectivity index is 0.00000289. The summed E-state index contributed by atoms with van der Waals surface area (Å²) in [6.07, 6.45) is 10.5. The number of carbonyl (C=O) groups is 1. The van der Waals surface area contributed by atoms with E-state index in [4.69, 9.17) is 14.5 Å². The van der Waals surface area contributed by atoms with E-state index in [2.05, 4.69) is 22.9 Å². The van der Waals surface area contributed by atoms with Crippen LogP contribution in [0.2, 0.25) is 0 Å². The number of amides is 1. The van der Waals surface area contributed by atoms with Crippen LogP contribution in [-0.2, 0) is 9.47 Å². The van der Waals surface area contributed by atoms with Crippen LogP contribution in [0.15, 0.2) is 4.99 Å². The summed E-state index contributed by atoms with van der Waals surface area (Å²) in [5.41, 5.74) is -0.131. The molecule has 3 atom stereocenters. The van der Waals surface area contributed by atoms with Gasteiger partial charge in [0.1, 0.15) is 5.60 Å². The van der Waals surface area contributed by atoms with Gasteiger partial charge in [-0.1, -0.05) is 12.8 Å². The van der Waals surface area contributed by atoms with E-state index in [9.17, 15) is 4.79 Å². The van der Waals surface area contributed by atoms with Crippen LogP contribution in [0.5, 0.6) is 0 Å². The molecule has 32 heavy (non-hydrogen) atoms. The van der Waals surface area contributed by atoms with Crippen molar-refractivity contribution in [2.24, 2.45) is 16.3 Å². The summed E-state index contributed by atoms with van der Waals surface area (Å²) in [5, 5.41) is 10.6. The fourth-order valence-electron chi connectivity index (χ4n) is 6.39. The number of nitrogens with zero attached hydrogens (tertiary/aromatic N) is 1. The van der Waals surface area contributed by atoms with Gasteiger partial charge in [0.05, 0.1) is 6.10 Å². The molecule has 0 aromatic carbocycles. The SMILES string of the molecule is CCN=C(NC1CCC(NC(=O)OC(C)(C)C)CC1)NC1C2CCOC2C12CCCC2.I. The molecule has 1 spiro atoms. The first-order chi connectivity index (χ1) is 14.8. The van der Waals surface area contributed by atoms with Crippen molar-refractivity contribution in [2.45, 2.75) is 115 Å². The third-order valence-electron chi connectivity index (χ3n) is 7.68. The number of alkyl carbamates (subject to hydrolysis) is 1. The molecule has 4 fully saturated rings. The largest absolute Gasteiger partial charge is 0.444 e. The van der Waals surface area contributed by atoms with E-state index in [-0.39, 0.29) is 36.1 Å². The van der Waals surface area contributed by atoms with Crippen molar-refractivity contribution in [3.05, 3.63) is 0 Å². The molecule has 1 saturated heterocycles. The molecule has 3 unspecified atom stereocenters. The smallest absolute Gasteiger partial charge is 0.407 e. The minimum Gasteiger partial charge on any atom is -0.444 e. The number of hydrogen-bond acceptors (Lipinski definition) is 4. The first kappa shape index (κ1) is 25.8. The van der Waals surface area contributed by atoms with Crippen LogP contribution in [0.25, 0.3) is 0 Å².